The number of hydrogen-bond donors (Lipinski definition) is 1. The second kappa shape index (κ2) is 6.68. The van der Waals surface area contributed by atoms with Crippen LogP contribution < -0.4 is 5.73 Å². The molecule has 1 rings (SSSR count). The third-order valence-corrected chi connectivity index (χ3v) is 2.70. The zero-order chi connectivity index (χ0) is 10.2. The minimum atomic E-state index is 0.744. The molecule has 0 radical (unpaired) electrons. The number of thioether (sulfide) groups is 1. The summed E-state index contributed by atoms with van der Waals surface area (Å²) in [5.74, 6) is 0.939. The lowest BCUT2D eigenvalue weighted by atomic mass is 10.4. The number of pyridine rings is 1. The van der Waals surface area contributed by atoms with E-state index in [1.807, 2.05) is 6.07 Å². The molecule has 2 N–H and O–H groups in total. The Hall–Kier alpha value is -0.740. The number of ether oxygens (including phenoxy) is 1. The molecule has 1 heterocycles. The summed E-state index contributed by atoms with van der Waals surface area (Å²) in [5, 5.41) is 0. The lowest BCUT2D eigenvalue weighted by molar-refractivity contribution is 0.151. The van der Waals surface area contributed by atoms with Crippen LogP contribution >= 0.6 is 11.8 Å². The number of nitrogens with two attached hydrogens (primary N) is 1. The van der Waals surface area contributed by atoms with Gasteiger partial charge in [0, 0.05) is 23.5 Å². The molecule has 78 valence electrons. The van der Waals surface area contributed by atoms with E-state index >= 15 is 0 Å². The molecule has 1 aromatic rings. The summed E-state index contributed by atoms with van der Waals surface area (Å²) in [5.41, 5.74) is 6.48. The first-order valence-electron chi connectivity index (χ1n) is 4.74. The zero-order valence-electron chi connectivity index (χ0n) is 8.40. The third-order valence-electron chi connectivity index (χ3n) is 1.64. The number of rotatable bonds is 6. The number of nitrogen functional groups attached to an aromatic ring is 1. The van der Waals surface area contributed by atoms with E-state index in [1.54, 1.807) is 24.2 Å². The summed E-state index contributed by atoms with van der Waals surface area (Å²) in [6, 6.07) is 1.93. The van der Waals surface area contributed by atoms with Gasteiger partial charge in [-0.25, -0.2) is 0 Å². The Morgan fingerprint density at radius 1 is 1.50 bits per heavy atom. The van der Waals surface area contributed by atoms with Crippen molar-refractivity contribution < 1.29 is 4.74 Å². The highest BCUT2D eigenvalue weighted by Crippen LogP contribution is 2.22. The van der Waals surface area contributed by atoms with Crippen LogP contribution in [0.4, 0.5) is 5.69 Å². The fraction of sp³-hybridized carbons (Fsp3) is 0.500. The van der Waals surface area contributed by atoms with Gasteiger partial charge < -0.3 is 10.5 Å². The Morgan fingerprint density at radius 3 is 3.07 bits per heavy atom. The van der Waals surface area contributed by atoms with Crippen molar-refractivity contribution in [1.29, 1.82) is 0 Å². The molecule has 3 nitrogen and oxygen atoms in total. The van der Waals surface area contributed by atoms with E-state index in [9.17, 15) is 0 Å². The lowest BCUT2D eigenvalue weighted by Crippen LogP contribution is -1.98. The van der Waals surface area contributed by atoms with Gasteiger partial charge in [-0.3, -0.25) is 4.98 Å². The van der Waals surface area contributed by atoms with E-state index in [1.165, 1.54) is 0 Å². The molecule has 0 aromatic carbocycles. The Labute approximate surface area is 89.1 Å². The summed E-state index contributed by atoms with van der Waals surface area (Å²) in [6.45, 7) is 3.72. The summed E-state index contributed by atoms with van der Waals surface area (Å²) >= 11 is 1.71. The van der Waals surface area contributed by atoms with Crippen LogP contribution in [0.25, 0.3) is 0 Å². The summed E-state index contributed by atoms with van der Waals surface area (Å²) < 4.78 is 5.37. The topological polar surface area (TPSA) is 48.1 Å². The highest BCUT2D eigenvalue weighted by Gasteiger charge is 1.98. The van der Waals surface area contributed by atoms with Crippen molar-refractivity contribution in [3.05, 3.63) is 18.5 Å². The molecule has 0 aliphatic carbocycles. The van der Waals surface area contributed by atoms with Crippen molar-refractivity contribution >= 4 is 17.4 Å². The monoisotopic (exact) mass is 212 g/mol. The zero-order valence-corrected chi connectivity index (χ0v) is 9.22. The highest BCUT2D eigenvalue weighted by molar-refractivity contribution is 7.99. The number of aromatic nitrogens is 1. The van der Waals surface area contributed by atoms with E-state index in [0.717, 1.165) is 36.0 Å². The molecule has 14 heavy (non-hydrogen) atoms. The summed E-state index contributed by atoms with van der Waals surface area (Å²) in [7, 11) is 0. The molecule has 0 bridgehead atoms. The Bertz CT molecular complexity index is 268. The van der Waals surface area contributed by atoms with Crippen molar-refractivity contribution in [3.63, 3.8) is 0 Å². The normalized spacial score (nSPS) is 10.4. The maximum atomic E-state index is 5.74. The SMILES string of the molecule is CCCOCCSc1ccncc1N. The van der Waals surface area contributed by atoms with Crippen LogP contribution in [0.2, 0.25) is 0 Å². The fourth-order valence-corrected chi connectivity index (χ4v) is 1.78. The molecule has 0 saturated carbocycles. The van der Waals surface area contributed by atoms with Crippen LogP contribution in [-0.4, -0.2) is 24.0 Å². The molecule has 0 atom stereocenters. The first-order chi connectivity index (χ1) is 6.84. The third kappa shape index (κ3) is 3.98. The largest absolute Gasteiger partial charge is 0.397 e. The van der Waals surface area contributed by atoms with Crippen LogP contribution in [0, 0.1) is 0 Å². The molecule has 0 amide bonds. The quantitative estimate of drug-likeness (QED) is 0.580. The predicted molar refractivity (Wildman–Crippen MR) is 60.5 cm³/mol. The standard InChI is InChI=1S/C10H16N2OS/c1-2-5-13-6-7-14-10-3-4-12-8-9(10)11/h3-4,8H,2,5-7,11H2,1H3. The molecular weight excluding hydrogens is 196 g/mol. The Balaban J connectivity index is 2.21. The molecule has 0 unspecified atom stereocenters. The van der Waals surface area contributed by atoms with E-state index < -0.39 is 0 Å². The first kappa shape index (κ1) is 11.3. The van der Waals surface area contributed by atoms with Crippen LogP contribution in [0.15, 0.2) is 23.4 Å². The Kier molecular flexibility index (Phi) is 5.40. The summed E-state index contributed by atoms with van der Waals surface area (Å²) in [6.07, 6.45) is 4.50. The van der Waals surface area contributed by atoms with Gasteiger partial charge in [-0.2, -0.15) is 0 Å². The van der Waals surface area contributed by atoms with Gasteiger partial charge >= 0.3 is 0 Å². The second-order valence-corrected chi connectivity index (χ2v) is 4.01. The smallest absolute Gasteiger partial charge is 0.0638 e. The molecule has 0 aliphatic rings. The van der Waals surface area contributed by atoms with E-state index in [4.69, 9.17) is 10.5 Å². The number of nitrogens with zero attached hydrogens (tertiary/aromatic N) is 1. The van der Waals surface area contributed by atoms with Crippen molar-refractivity contribution in [2.24, 2.45) is 0 Å². The van der Waals surface area contributed by atoms with Crippen molar-refractivity contribution in [1.82, 2.24) is 4.98 Å². The predicted octanol–water partition coefficient (Wildman–Crippen LogP) is 2.18. The molecule has 0 spiro atoms. The van der Waals surface area contributed by atoms with Gasteiger partial charge in [0.2, 0.25) is 0 Å². The molecule has 1 aromatic heterocycles. The molecule has 0 fully saturated rings. The minimum absolute atomic E-state index is 0.744. The second-order valence-electron chi connectivity index (χ2n) is 2.87. The average molecular weight is 212 g/mol. The molecule has 4 heteroatoms. The average Bonchev–Trinajstić information content (AvgIpc) is 2.20. The van der Waals surface area contributed by atoms with Crippen LogP contribution in [0.3, 0.4) is 0 Å². The van der Waals surface area contributed by atoms with Crippen molar-refractivity contribution in [2.75, 3.05) is 24.7 Å². The Morgan fingerprint density at radius 2 is 2.36 bits per heavy atom. The molecular formula is C10H16N2OS. The van der Waals surface area contributed by atoms with Gasteiger partial charge in [0.1, 0.15) is 0 Å². The van der Waals surface area contributed by atoms with Crippen LogP contribution in [0.1, 0.15) is 13.3 Å². The van der Waals surface area contributed by atoms with E-state index in [2.05, 4.69) is 11.9 Å². The van der Waals surface area contributed by atoms with Gasteiger partial charge in [-0.05, 0) is 12.5 Å². The lowest BCUT2D eigenvalue weighted by Gasteiger charge is -2.04. The van der Waals surface area contributed by atoms with Crippen LogP contribution in [-0.2, 0) is 4.74 Å². The van der Waals surface area contributed by atoms with Crippen LogP contribution in [0.5, 0.6) is 0 Å². The number of hydrogen-bond acceptors (Lipinski definition) is 4. The van der Waals surface area contributed by atoms with Crippen molar-refractivity contribution in [3.8, 4) is 0 Å². The minimum Gasteiger partial charge on any atom is -0.397 e. The maximum Gasteiger partial charge on any atom is 0.0638 e. The van der Waals surface area contributed by atoms with Gasteiger partial charge in [0.05, 0.1) is 18.5 Å². The van der Waals surface area contributed by atoms with Crippen molar-refractivity contribution in [2.45, 2.75) is 18.2 Å². The van der Waals surface area contributed by atoms with Gasteiger partial charge in [-0.1, -0.05) is 6.92 Å². The molecule has 0 aliphatic heterocycles. The number of anilines is 1. The van der Waals surface area contributed by atoms with Gasteiger partial charge in [-0.15, -0.1) is 11.8 Å². The summed E-state index contributed by atoms with van der Waals surface area (Å²) in [4.78, 5) is 5.02. The van der Waals surface area contributed by atoms with Gasteiger partial charge in [0.15, 0.2) is 0 Å². The van der Waals surface area contributed by atoms with E-state index in [0.29, 0.717) is 0 Å². The maximum absolute atomic E-state index is 5.74. The van der Waals surface area contributed by atoms with E-state index in [-0.39, 0.29) is 0 Å². The fourth-order valence-electron chi connectivity index (χ4n) is 0.982. The highest BCUT2D eigenvalue weighted by atomic mass is 32.2. The van der Waals surface area contributed by atoms with Gasteiger partial charge in [0.25, 0.3) is 0 Å². The first-order valence-corrected chi connectivity index (χ1v) is 5.73. The molecule has 0 saturated heterocycles.